The molecule has 1 heterocycles. The highest BCUT2D eigenvalue weighted by molar-refractivity contribution is 6.33. The Kier molecular flexibility index (Phi) is 6.26. The van der Waals surface area contributed by atoms with Gasteiger partial charge in [-0.3, -0.25) is 4.79 Å². The summed E-state index contributed by atoms with van der Waals surface area (Å²) in [6, 6.07) is 12.2. The SMILES string of the molecule is [C-]#[N+]c1ccc(NC2CCC(NC(=O)c3ccc4c(c3)CCN(C)C4)CC2)cc1Cl. The molecule has 1 aliphatic heterocycles. The lowest BCUT2D eigenvalue weighted by molar-refractivity contribution is 0.0926. The van der Waals surface area contributed by atoms with Crippen molar-refractivity contribution in [1.29, 1.82) is 0 Å². The number of nitrogens with one attached hydrogen (secondary N) is 2. The van der Waals surface area contributed by atoms with E-state index >= 15 is 0 Å². The molecule has 0 radical (unpaired) electrons. The van der Waals surface area contributed by atoms with Crippen LogP contribution in [0.2, 0.25) is 5.02 Å². The Morgan fingerprint density at radius 1 is 1.10 bits per heavy atom. The van der Waals surface area contributed by atoms with Crippen LogP contribution in [0.25, 0.3) is 4.85 Å². The molecule has 2 aliphatic rings. The molecular formula is C24H27ClN4O. The van der Waals surface area contributed by atoms with E-state index in [1.165, 1.54) is 11.1 Å². The molecule has 0 spiro atoms. The number of fused-ring (bicyclic) bond motifs is 1. The van der Waals surface area contributed by atoms with E-state index in [2.05, 4.69) is 39.6 Å². The molecule has 0 atom stereocenters. The maximum absolute atomic E-state index is 12.8. The fraction of sp³-hybridized carbons (Fsp3) is 0.417. The van der Waals surface area contributed by atoms with Gasteiger partial charge in [0.05, 0.1) is 6.57 Å². The van der Waals surface area contributed by atoms with Crippen LogP contribution in [-0.2, 0) is 13.0 Å². The number of hydrogen-bond donors (Lipinski definition) is 2. The quantitative estimate of drug-likeness (QED) is 0.679. The number of carbonyl (C=O) groups excluding carboxylic acids is 1. The maximum Gasteiger partial charge on any atom is 0.251 e. The number of rotatable bonds is 4. The molecule has 0 unspecified atom stereocenters. The predicted molar refractivity (Wildman–Crippen MR) is 121 cm³/mol. The molecule has 4 rings (SSSR count). The normalized spacial score (nSPS) is 21.4. The van der Waals surface area contributed by atoms with Crippen LogP contribution in [0.5, 0.6) is 0 Å². The number of benzene rings is 2. The predicted octanol–water partition coefficient (Wildman–Crippen LogP) is 5.03. The van der Waals surface area contributed by atoms with E-state index in [4.69, 9.17) is 18.2 Å². The Morgan fingerprint density at radius 2 is 1.87 bits per heavy atom. The minimum atomic E-state index is 0.0367. The van der Waals surface area contributed by atoms with Gasteiger partial charge >= 0.3 is 0 Å². The Labute approximate surface area is 183 Å². The highest BCUT2D eigenvalue weighted by Gasteiger charge is 2.23. The summed E-state index contributed by atoms with van der Waals surface area (Å²) in [7, 11) is 2.13. The molecule has 2 aromatic carbocycles. The third-order valence-corrected chi connectivity index (χ3v) is 6.48. The van der Waals surface area contributed by atoms with Gasteiger partial charge in [-0.25, -0.2) is 4.85 Å². The van der Waals surface area contributed by atoms with Crippen LogP contribution in [0, 0.1) is 6.57 Å². The van der Waals surface area contributed by atoms with Crippen molar-refractivity contribution >= 4 is 28.9 Å². The zero-order chi connectivity index (χ0) is 21.1. The first kappa shape index (κ1) is 20.7. The second kappa shape index (κ2) is 9.07. The van der Waals surface area contributed by atoms with Gasteiger partial charge in [0, 0.05) is 41.4 Å². The minimum absolute atomic E-state index is 0.0367. The molecule has 0 bridgehead atoms. The Bertz CT molecular complexity index is 976. The van der Waals surface area contributed by atoms with Crippen molar-refractivity contribution in [3.8, 4) is 0 Å². The highest BCUT2D eigenvalue weighted by atomic mass is 35.5. The largest absolute Gasteiger partial charge is 0.382 e. The van der Waals surface area contributed by atoms with Gasteiger partial charge in [-0.2, -0.15) is 0 Å². The van der Waals surface area contributed by atoms with Crippen molar-refractivity contribution in [2.75, 3.05) is 18.9 Å². The number of nitrogens with zero attached hydrogens (tertiary/aromatic N) is 2. The molecule has 30 heavy (non-hydrogen) atoms. The van der Waals surface area contributed by atoms with Gasteiger partial charge in [0.2, 0.25) is 5.69 Å². The monoisotopic (exact) mass is 422 g/mol. The molecule has 5 nitrogen and oxygen atoms in total. The van der Waals surface area contributed by atoms with E-state index in [1.54, 1.807) is 6.07 Å². The summed E-state index contributed by atoms with van der Waals surface area (Å²) in [6.07, 6.45) is 4.89. The third kappa shape index (κ3) is 4.77. The van der Waals surface area contributed by atoms with E-state index in [0.29, 0.717) is 16.8 Å². The van der Waals surface area contributed by atoms with Gasteiger partial charge in [-0.1, -0.05) is 23.7 Å². The van der Waals surface area contributed by atoms with Crippen LogP contribution in [0.1, 0.15) is 47.2 Å². The lowest BCUT2D eigenvalue weighted by atomic mass is 9.90. The molecule has 1 fully saturated rings. The second-order valence-electron chi connectivity index (χ2n) is 8.42. The Hall–Kier alpha value is -2.55. The molecule has 1 aliphatic carbocycles. The van der Waals surface area contributed by atoms with Crippen LogP contribution in [-0.4, -0.2) is 36.5 Å². The lowest BCUT2D eigenvalue weighted by Gasteiger charge is -2.30. The lowest BCUT2D eigenvalue weighted by Crippen LogP contribution is -2.40. The van der Waals surface area contributed by atoms with Crippen LogP contribution >= 0.6 is 11.6 Å². The average Bonchev–Trinajstić information content (AvgIpc) is 2.75. The summed E-state index contributed by atoms with van der Waals surface area (Å²) < 4.78 is 0. The molecule has 2 aromatic rings. The number of halogens is 1. The van der Waals surface area contributed by atoms with Crippen LogP contribution < -0.4 is 10.6 Å². The number of carbonyl (C=O) groups is 1. The number of anilines is 1. The van der Waals surface area contributed by atoms with Crippen molar-refractivity contribution in [1.82, 2.24) is 10.2 Å². The van der Waals surface area contributed by atoms with Crippen molar-refractivity contribution in [3.05, 3.63) is 69.5 Å². The van der Waals surface area contributed by atoms with Gasteiger partial charge in [0.25, 0.3) is 5.91 Å². The van der Waals surface area contributed by atoms with E-state index in [1.807, 2.05) is 18.2 Å². The molecule has 1 amide bonds. The third-order valence-electron chi connectivity index (χ3n) is 6.17. The van der Waals surface area contributed by atoms with Gasteiger partial charge in [-0.15, -0.1) is 0 Å². The summed E-state index contributed by atoms with van der Waals surface area (Å²) in [5.41, 5.74) is 4.82. The molecular weight excluding hydrogens is 396 g/mol. The highest BCUT2D eigenvalue weighted by Crippen LogP contribution is 2.30. The van der Waals surface area contributed by atoms with E-state index in [9.17, 15) is 4.79 Å². The van der Waals surface area contributed by atoms with Crippen molar-refractivity contribution in [2.45, 2.75) is 50.7 Å². The van der Waals surface area contributed by atoms with E-state index in [0.717, 1.165) is 56.4 Å². The topological polar surface area (TPSA) is 48.7 Å². The Morgan fingerprint density at radius 3 is 2.60 bits per heavy atom. The van der Waals surface area contributed by atoms with Crippen molar-refractivity contribution < 1.29 is 4.79 Å². The first-order valence-corrected chi connectivity index (χ1v) is 10.9. The molecule has 1 saturated carbocycles. The average molecular weight is 423 g/mol. The van der Waals surface area contributed by atoms with Gasteiger partial charge in [0.1, 0.15) is 0 Å². The molecule has 0 saturated heterocycles. The van der Waals surface area contributed by atoms with Crippen LogP contribution in [0.15, 0.2) is 36.4 Å². The molecule has 6 heteroatoms. The van der Waals surface area contributed by atoms with Crippen molar-refractivity contribution in [3.63, 3.8) is 0 Å². The molecule has 0 aromatic heterocycles. The van der Waals surface area contributed by atoms with Gasteiger partial charge < -0.3 is 15.5 Å². The summed E-state index contributed by atoms with van der Waals surface area (Å²) in [5, 5.41) is 7.22. The fourth-order valence-electron chi connectivity index (χ4n) is 4.41. The van der Waals surface area contributed by atoms with Gasteiger partial charge in [-0.05, 0) is 74.5 Å². The summed E-state index contributed by atoms with van der Waals surface area (Å²) in [4.78, 5) is 18.5. The van der Waals surface area contributed by atoms with Crippen LogP contribution in [0.4, 0.5) is 11.4 Å². The fourth-order valence-corrected chi connectivity index (χ4v) is 4.63. The van der Waals surface area contributed by atoms with E-state index < -0.39 is 0 Å². The minimum Gasteiger partial charge on any atom is -0.382 e. The maximum atomic E-state index is 12.8. The number of likely N-dealkylation sites (N-methyl/N-ethyl adjacent to an activating group) is 1. The summed E-state index contributed by atoms with van der Waals surface area (Å²) in [6.45, 7) is 9.09. The van der Waals surface area contributed by atoms with Crippen molar-refractivity contribution in [2.24, 2.45) is 0 Å². The zero-order valence-corrected chi connectivity index (χ0v) is 18.0. The smallest absolute Gasteiger partial charge is 0.251 e. The van der Waals surface area contributed by atoms with E-state index in [-0.39, 0.29) is 11.9 Å². The molecule has 2 N–H and O–H groups in total. The first-order valence-electron chi connectivity index (χ1n) is 10.6. The standard InChI is InChI=1S/C24H27ClN4O/c1-26-23-10-9-21(14-22(23)25)27-19-5-7-20(8-6-19)28-24(30)17-3-4-18-15-29(2)12-11-16(18)13-17/h3-4,9-10,13-14,19-20,27H,5-8,11-12,15H2,2H3,(H,28,30). The van der Waals surface area contributed by atoms with Gasteiger partial charge in [0.15, 0.2) is 0 Å². The van der Waals surface area contributed by atoms with Crippen LogP contribution in [0.3, 0.4) is 0 Å². The number of hydrogen-bond acceptors (Lipinski definition) is 3. The zero-order valence-electron chi connectivity index (χ0n) is 17.2. The summed E-state index contributed by atoms with van der Waals surface area (Å²) >= 11 is 6.13. The summed E-state index contributed by atoms with van der Waals surface area (Å²) in [5.74, 6) is 0.0367. The second-order valence-corrected chi connectivity index (χ2v) is 8.82. The number of amides is 1. The Balaban J connectivity index is 1.29. The first-order chi connectivity index (χ1) is 14.5. The molecule has 156 valence electrons.